The van der Waals surface area contributed by atoms with Gasteiger partial charge in [0, 0.05) is 30.3 Å². The van der Waals surface area contributed by atoms with E-state index in [1.807, 2.05) is 24.3 Å². The van der Waals surface area contributed by atoms with Crippen LogP contribution in [0, 0.1) is 0 Å². The van der Waals surface area contributed by atoms with E-state index in [0.717, 1.165) is 11.1 Å². The lowest BCUT2D eigenvalue weighted by molar-refractivity contribution is -0.125. The fourth-order valence-electron chi connectivity index (χ4n) is 4.38. The quantitative estimate of drug-likeness (QED) is 0.402. The second-order valence-corrected chi connectivity index (χ2v) is 9.63. The molecular formula is C28H31N3O7S. The number of aromatic nitrogens is 1. The second kappa shape index (κ2) is 12.6. The van der Waals surface area contributed by atoms with Gasteiger partial charge in [0.2, 0.25) is 11.7 Å². The third kappa shape index (κ3) is 5.83. The average Bonchev–Trinajstić information content (AvgIpc) is 3.44. The van der Waals surface area contributed by atoms with Gasteiger partial charge in [0.1, 0.15) is 11.4 Å². The van der Waals surface area contributed by atoms with Gasteiger partial charge in [0.15, 0.2) is 23.0 Å². The minimum absolute atomic E-state index is 0.261. The van der Waals surface area contributed by atoms with Gasteiger partial charge in [-0.1, -0.05) is 6.07 Å². The summed E-state index contributed by atoms with van der Waals surface area (Å²) in [6.07, 6.45) is 3.33. The number of methoxy groups -OCH3 is 5. The van der Waals surface area contributed by atoms with Crippen molar-refractivity contribution in [2.24, 2.45) is 0 Å². The van der Waals surface area contributed by atoms with E-state index in [9.17, 15) is 9.59 Å². The highest BCUT2D eigenvalue weighted by Crippen LogP contribution is 2.46. The Morgan fingerprint density at radius 3 is 2.10 bits per heavy atom. The van der Waals surface area contributed by atoms with Crippen LogP contribution < -0.4 is 29.0 Å². The summed E-state index contributed by atoms with van der Waals surface area (Å²) in [4.78, 5) is 33.2. The van der Waals surface area contributed by atoms with E-state index in [2.05, 4.69) is 10.3 Å². The molecule has 0 radical (unpaired) electrons. The van der Waals surface area contributed by atoms with Gasteiger partial charge in [0.25, 0.3) is 5.91 Å². The number of amides is 2. The highest BCUT2D eigenvalue weighted by Gasteiger charge is 2.43. The number of rotatable bonds is 10. The molecule has 11 heteroatoms. The molecule has 10 nitrogen and oxygen atoms in total. The van der Waals surface area contributed by atoms with Gasteiger partial charge in [-0.2, -0.15) is 0 Å². The highest BCUT2D eigenvalue weighted by atomic mass is 32.2. The molecule has 1 N–H and O–H groups in total. The Morgan fingerprint density at radius 2 is 1.51 bits per heavy atom. The summed E-state index contributed by atoms with van der Waals surface area (Å²) in [6.45, 7) is 0.315. The van der Waals surface area contributed by atoms with Crippen LogP contribution in [0.15, 0.2) is 54.9 Å². The zero-order valence-electron chi connectivity index (χ0n) is 22.4. The van der Waals surface area contributed by atoms with Crippen LogP contribution in [0.5, 0.6) is 28.7 Å². The van der Waals surface area contributed by atoms with Crippen molar-refractivity contribution in [2.45, 2.75) is 18.0 Å². The first-order valence-corrected chi connectivity index (χ1v) is 13.1. The van der Waals surface area contributed by atoms with Crippen LogP contribution >= 0.6 is 11.8 Å². The molecule has 2 heterocycles. The standard InChI is InChI=1S/C28H31N3O7S/c1-34-21-7-6-18(12-22(21)35-2)28-31(20(16-39-28)26(32)30-15-17-8-10-29-11-9-17)27(33)19-13-23(36-3)25(38-5)24(14-19)37-4/h6-14,20,28H,15-16H2,1-5H3,(H,30,32). The summed E-state index contributed by atoms with van der Waals surface area (Å²) >= 11 is 1.50. The van der Waals surface area contributed by atoms with Crippen LogP contribution in [0.25, 0.3) is 0 Å². The van der Waals surface area contributed by atoms with Crippen molar-refractivity contribution in [3.05, 3.63) is 71.5 Å². The van der Waals surface area contributed by atoms with Gasteiger partial charge in [-0.3, -0.25) is 14.6 Å². The zero-order chi connectivity index (χ0) is 27.9. The minimum atomic E-state index is -0.735. The number of nitrogens with one attached hydrogen (secondary N) is 1. The van der Waals surface area contributed by atoms with E-state index < -0.39 is 11.4 Å². The first-order valence-electron chi connectivity index (χ1n) is 12.1. The molecule has 3 aromatic rings. The van der Waals surface area contributed by atoms with E-state index in [1.54, 1.807) is 49.7 Å². The van der Waals surface area contributed by atoms with Gasteiger partial charge in [-0.15, -0.1) is 11.8 Å². The monoisotopic (exact) mass is 553 g/mol. The van der Waals surface area contributed by atoms with Crippen molar-refractivity contribution in [3.8, 4) is 28.7 Å². The topological polar surface area (TPSA) is 108 Å². The van der Waals surface area contributed by atoms with Gasteiger partial charge >= 0.3 is 0 Å². The zero-order valence-corrected chi connectivity index (χ0v) is 23.2. The first-order chi connectivity index (χ1) is 18.9. The third-order valence-corrected chi connectivity index (χ3v) is 7.68. The first kappa shape index (κ1) is 27.9. The maximum Gasteiger partial charge on any atom is 0.256 e. The molecule has 1 aliphatic heterocycles. The SMILES string of the molecule is COc1ccc(C2SCC(C(=O)NCc3ccncc3)N2C(=O)c2cc(OC)c(OC)c(OC)c2)cc1OC. The van der Waals surface area contributed by atoms with Crippen LogP contribution in [0.2, 0.25) is 0 Å². The molecule has 2 aromatic carbocycles. The molecule has 1 aromatic heterocycles. The van der Waals surface area contributed by atoms with Crippen molar-refractivity contribution in [1.82, 2.24) is 15.2 Å². The molecule has 0 bridgehead atoms. The Labute approximate surface area is 231 Å². The molecule has 0 spiro atoms. The smallest absolute Gasteiger partial charge is 0.256 e. The van der Waals surface area contributed by atoms with Crippen LogP contribution in [0.4, 0.5) is 0 Å². The van der Waals surface area contributed by atoms with Gasteiger partial charge in [0.05, 0.1) is 35.5 Å². The maximum absolute atomic E-state index is 14.1. The molecule has 0 aliphatic carbocycles. The molecule has 4 rings (SSSR count). The predicted molar refractivity (Wildman–Crippen MR) is 147 cm³/mol. The Bertz CT molecular complexity index is 1300. The number of ether oxygens (including phenoxy) is 5. The lowest BCUT2D eigenvalue weighted by Gasteiger charge is -2.30. The van der Waals surface area contributed by atoms with Gasteiger partial charge in [-0.25, -0.2) is 0 Å². The number of hydrogen-bond acceptors (Lipinski definition) is 9. The summed E-state index contributed by atoms with van der Waals surface area (Å²) < 4.78 is 27.2. The summed E-state index contributed by atoms with van der Waals surface area (Å²) in [5.74, 6) is 1.93. The molecule has 1 fully saturated rings. The number of benzene rings is 2. The fraction of sp³-hybridized carbons (Fsp3) is 0.321. The van der Waals surface area contributed by atoms with Gasteiger partial charge in [-0.05, 0) is 47.5 Å². The molecule has 2 amide bonds. The van der Waals surface area contributed by atoms with Crippen molar-refractivity contribution in [2.75, 3.05) is 41.3 Å². The molecule has 39 heavy (non-hydrogen) atoms. The Hall–Kier alpha value is -4.12. The number of carbonyl (C=O) groups excluding carboxylic acids is 2. The van der Waals surface area contributed by atoms with E-state index in [0.29, 0.717) is 46.6 Å². The highest BCUT2D eigenvalue weighted by molar-refractivity contribution is 7.99. The minimum Gasteiger partial charge on any atom is -0.493 e. The number of nitrogens with zero attached hydrogens (tertiary/aromatic N) is 2. The summed E-state index contributed by atoms with van der Waals surface area (Å²) in [5, 5.41) is 2.50. The lowest BCUT2D eigenvalue weighted by atomic mass is 10.1. The lowest BCUT2D eigenvalue weighted by Crippen LogP contribution is -2.47. The van der Waals surface area contributed by atoms with Crippen LogP contribution in [0.3, 0.4) is 0 Å². The Morgan fingerprint density at radius 1 is 0.872 bits per heavy atom. The van der Waals surface area contributed by atoms with Crippen LogP contribution in [0.1, 0.15) is 26.9 Å². The molecular weight excluding hydrogens is 522 g/mol. The van der Waals surface area contributed by atoms with Crippen molar-refractivity contribution >= 4 is 23.6 Å². The third-order valence-electron chi connectivity index (χ3n) is 6.36. The molecule has 2 atom stereocenters. The van der Waals surface area contributed by atoms with Crippen molar-refractivity contribution < 1.29 is 33.3 Å². The number of pyridine rings is 1. The molecule has 1 aliphatic rings. The predicted octanol–water partition coefficient (Wildman–Crippen LogP) is 3.70. The molecule has 2 unspecified atom stereocenters. The normalized spacial score (nSPS) is 16.4. The van der Waals surface area contributed by atoms with Gasteiger partial charge < -0.3 is 33.9 Å². The molecule has 0 saturated carbocycles. The fourth-order valence-corrected chi connectivity index (χ4v) is 5.80. The van der Waals surface area contributed by atoms with E-state index >= 15 is 0 Å². The number of carbonyl (C=O) groups is 2. The Balaban J connectivity index is 1.72. The number of hydrogen-bond donors (Lipinski definition) is 1. The summed E-state index contributed by atoms with van der Waals surface area (Å²) in [6, 6.07) is 11.6. The van der Waals surface area contributed by atoms with Crippen LogP contribution in [-0.4, -0.2) is 69.0 Å². The molecule has 206 valence electrons. The average molecular weight is 554 g/mol. The summed E-state index contributed by atoms with van der Waals surface area (Å²) in [7, 11) is 7.58. The molecule has 1 saturated heterocycles. The number of thioether (sulfide) groups is 1. The summed E-state index contributed by atoms with van der Waals surface area (Å²) in [5.41, 5.74) is 2.00. The van der Waals surface area contributed by atoms with E-state index in [-0.39, 0.29) is 11.8 Å². The van der Waals surface area contributed by atoms with Crippen molar-refractivity contribution in [1.29, 1.82) is 0 Å². The largest absolute Gasteiger partial charge is 0.493 e. The Kier molecular flexibility index (Phi) is 9.03. The maximum atomic E-state index is 14.1. The van der Waals surface area contributed by atoms with Crippen LogP contribution in [-0.2, 0) is 11.3 Å². The van der Waals surface area contributed by atoms with E-state index in [1.165, 1.54) is 33.1 Å². The second-order valence-electron chi connectivity index (χ2n) is 8.52. The van der Waals surface area contributed by atoms with E-state index in [4.69, 9.17) is 23.7 Å². The van der Waals surface area contributed by atoms with Crippen molar-refractivity contribution in [3.63, 3.8) is 0 Å².